The molecule has 2 aromatic carbocycles. The van der Waals surface area contributed by atoms with E-state index in [-0.39, 0.29) is 18.6 Å². The predicted octanol–water partition coefficient (Wildman–Crippen LogP) is 3.39. The monoisotopic (exact) mass is 414 g/mol. The molecule has 0 saturated heterocycles. The lowest BCUT2D eigenvalue weighted by molar-refractivity contribution is -0.922. The molecular weight excluding hydrogens is 386 g/mol. The minimum Gasteiger partial charge on any atom is -0.497 e. The van der Waals surface area contributed by atoms with E-state index in [1.807, 2.05) is 6.07 Å². The average Bonchev–Trinajstić information content (AvgIpc) is 3.21. The van der Waals surface area contributed by atoms with Gasteiger partial charge in [0.25, 0.3) is 0 Å². The van der Waals surface area contributed by atoms with Gasteiger partial charge in [-0.3, -0.25) is 4.79 Å². The molecule has 0 saturated carbocycles. The van der Waals surface area contributed by atoms with Crippen LogP contribution in [-0.4, -0.2) is 59.0 Å². The Morgan fingerprint density at radius 1 is 1.10 bits per heavy atom. The Hall–Kier alpha value is -2.93. The van der Waals surface area contributed by atoms with Gasteiger partial charge in [0.15, 0.2) is 17.3 Å². The molecule has 0 radical (unpaired) electrons. The quantitative estimate of drug-likeness (QED) is 0.533. The van der Waals surface area contributed by atoms with Crippen LogP contribution >= 0.6 is 0 Å². The lowest BCUT2D eigenvalue weighted by atomic mass is 9.85. The first kappa shape index (κ1) is 20.3. The fourth-order valence-corrected chi connectivity index (χ4v) is 4.43. The first-order valence-corrected chi connectivity index (χ1v) is 9.97. The Kier molecular flexibility index (Phi) is 5.24. The van der Waals surface area contributed by atoms with Crippen LogP contribution in [0, 0.1) is 0 Å². The topological polar surface area (TPSA) is 63.2 Å². The number of ether oxygens (including phenoxy) is 5. The van der Waals surface area contributed by atoms with Crippen molar-refractivity contribution in [2.75, 3.05) is 48.8 Å². The first-order valence-electron chi connectivity index (χ1n) is 9.97. The van der Waals surface area contributed by atoms with Gasteiger partial charge in [0.1, 0.15) is 17.5 Å². The van der Waals surface area contributed by atoms with E-state index >= 15 is 0 Å². The molecule has 30 heavy (non-hydrogen) atoms. The SMILES string of the molecule is COc1ccc(C(=O)C[C@@H]2c3c(cc4c(c3OC)OCO4)CC[N+]2(C)C)c(OC)c1. The van der Waals surface area contributed by atoms with Crippen LogP contribution in [0.3, 0.4) is 0 Å². The highest BCUT2D eigenvalue weighted by atomic mass is 16.7. The van der Waals surface area contributed by atoms with Crippen LogP contribution in [0.1, 0.15) is 33.9 Å². The molecule has 0 aliphatic carbocycles. The number of benzene rings is 2. The Bertz CT molecular complexity index is 984. The average molecular weight is 414 g/mol. The zero-order valence-electron chi connectivity index (χ0n) is 18.1. The highest BCUT2D eigenvalue weighted by molar-refractivity contribution is 5.99. The number of ketones is 1. The molecule has 4 rings (SSSR count). The number of carbonyl (C=O) groups excluding carboxylic acids is 1. The summed E-state index contributed by atoms with van der Waals surface area (Å²) in [5, 5.41) is 0. The summed E-state index contributed by atoms with van der Waals surface area (Å²) in [7, 11) is 9.08. The normalized spacial score (nSPS) is 18.5. The number of quaternary nitrogens is 1. The zero-order valence-corrected chi connectivity index (χ0v) is 18.1. The maximum absolute atomic E-state index is 13.4. The fourth-order valence-electron chi connectivity index (χ4n) is 4.43. The fraction of sp³-hybridized carbons (Fsp3) is 0.435. The first-order chi connectivity index (χ1) is 14.4. The smallest absolute Gasteiger partial charge is 0.231 e. The zero-order chi connectivity index (χ0) is 21.5. The second-order valence-corrected chi connectivity index (χ2v) is 8.18. The molecule has 7 nitrogen and oxygen atoms in total. The lowest BCUT2D eigenvalue weighted by Gasteiger charge is -2.43. The van der Waals surface area contributed by atoms with Gasteiger partial charge in [-0.15, -0.1) is 0 Å². The van der Waals surface area contributed by atoms with E-state index in [4.69, 9.17) is 23.7 Å². The molecule has 0 spiro atoms. The third kappa shape index (κ3) is 3.33. The van der Waals surface area contributed by atoms with E-state index in [1.54, 1.807) is 39.5 Å². The molecule has 2 heterocycles. The largest absolute Gasteiger partial charge is 0.497 e. The van der Waals surface area contributed by atoms with Gasteiger partial charge >= 0.3 is 0 Å². The molecule has 0 amide bonds. The Balaban J connectivity index is 1.75. The van der Waals surface area contributed by atoms with E-state index in [0.717, 1.165) is 24.1 Å². The minimum atomic E-state index is -0.0856. The number of methoxy groups -OCH3 is 3. The molecule has 0 unspecified atom stereocenters. The van der Waals surface area contributed by atoms with E-state index in [1.165, 1.54) is 0 Å². The highest BCUT2D eigenvalue weighted by Gasteiger charge is 2.42. The minimum absolute atomic E-state index is 0.0123. The molecular formula is C23H28NO6+. The van der Waals surface area contributed by atoms with Crippen molar-refractivity contribution in [3.05, 3.63) is 41.0 Å². The second-order valence-electron chi connectivity index (χ2n) is 8.18. The van der Waals surface area contributed by atoms with Crippen molar-refractivity contribution in [3.63, 3.8) is 0 Å². The van der Waals surface area contributed by atoms with Crippen LogP contribution in [0.5, 0.6) is 28.7 Å². The van der Waals surface area contributed by atoms with Crippen molar-refractivity contribution >= 4 is 5.78 Å². The van der Waals surface area contributed by atoms with E-state index < -0.39 is 0 Å². The lowest BCUT2D eigenvalue weighted by Crippen LogP contribution is -2.48. The highest BCUT2D eigenvalue weighted by Crippen LogP contribution is 2.51. The van der Waals surface area contributed by atoms with Crippen LogP contribution in [-0.2, 0) is 6.42 Å². The molecule has 7 heteroatoms. The molecule has 160 valence electrons. The van der Waals surface area contributed by atoms with Gasteiger partial charge < -0.3 is 28.2 Å². The van der Waals surface area contributed by atoms with E-state index in [9.17, 15) is 4.79 Å². The summed E-state index contributed by atoms with van der Waals surface area (Å²) in [5.41, 5.74) is 2.72. The van der Waals surface area contributed by atoms with Crippen LogP contribution in [0.4, 0.5) is 0 Å². The molecule has 0 N–H and O–H groups in total. The molecule has 2 aliphatic rings. The van der Waals surface area contributed by atoms with Gasteiger partial charge in [0, 0.05) is 12.5 Å². The van der Waals surface area contributed by atoms with Gasteiger partial charge in [-0.05, 0) is 23.8 Å². The van der Waals surface area contributed by atoms with Crippen LogP contribution < -0.4 is 23.7 Å². The summed E-state index contributed by atoms with van der Waals surface area (Å²) in [6, 6.07) is 7.23. The number of hydrogen-bond donors (Lipinski definition) is 0. The summed E-state index contributed by atoms with van der Waals surface area (Å²) in [6.07, 6.45) is 1.20. The molecule has 0 aromatic heterocycles. The van der Waals surface area contributed by atoms with Crippen LogP contribution in [0.25, 0.3) is 0 Å². The van der Waals surface area contributed by atoms with Gasteiger partial charge in [0.2, 0.25) is 12.5 Å². The number of carbonyl (C=O) groups is 1. The third-order valence-corrected chi connectivity index (χ3v) is 6.17. The third-order valence-electron chi connectivity index (χ3n) is 6.17. The summed E-state index contributed by atoms with van der Waals surface area (Å²) < 4.78 is 28.4. The van der Waals surface area contributed by atoms with Gasteiger partial charge in [-0.1, -0.05) is 0 Å². The van der Waals surface area contributed by atoms with E-state index in [2.05, 4.69) is 14.1 Å². The molecule has 0 bridgehead atoms. The van der Waals surface area contributed by atoms with Crippen molar-refractivity contribution in [3.8, 4) is 28.7 Å². The number of hydrogen-bond acceptors (Lipinski definition) is 6. The standard InChI is InChI=1S/C23H28NO6/c1-24(2)9-8-14-10-20-22(30-13-29-20)23(28-5)21(14)17(24)12-18(25)16-7-6-15(26-3)11-19(16)27-4/h6-7,10-11,17H,8-9,12-13H2,1-5H3/q+1/t17-/m1/s1. The molecule has 0 fully saturated rings. The predicted molar refractivity (Wildman–Crippen MR) is 111 cm³/mol. The molecule has 2 aliphatic heterocycles. The number of likely N-dealkylation sites (N-methyl/N-ethyl adjacent to an activating group) is 1. The van der Waals surface area contributed by atoms with Crippen molar-refractivity contribution in [1.29, 1.82) is 0 Å². The van der Waals surface area contributed by atoms with Gasteiger partial charge in [0.05, 0.1) is 59.5 Å². The summed E-state index contributed by atoms with van der Waals surface area (Å²) >= 11 is 0. The summed E-state index contributed by atoms with van der Waals surface area (Å²) in [5.74, 6) is 3.18. The molecule has 1 atom stereocenters. The van der Waals surface area contributed by atoms with E-state index in [0.29, 0.717) is 45.2 Å². The number of fused-ring (bicyclic) bond motifs is 2. The Morgan fingerprint density at radius 2 is 1.90 bits per heavy atom. The number of nitrogens with zero attached hydrogens (tertiary/aromatic N) is 1. The second kappa shape index (κ2) is 7.72. The summed E-state index contributed by atoms with van der Waals surface area (Å²) in [4.78, 5) is 13.4. The van der Waals surface area contributed by atoms with Crippen molar-refractivity contribution in [2.45, 2.75) is 18.9 Å². The molecule has 2 aromatic rings. The van der Waals surface area contributed by atoms with Gasteiger partial charge in [-0.2, -0.15) is 0 Å². The number of Topliss-reactive ketones (excluding diaryl/α,β-unsaturated/α-hetero) is 1. The van der Waals surface area contributed by atoms with Crippen LogP contribution in [0.2, 0.25) is 0 Å². The Labute approximate surface area is 176 Å². The van der Waals surface area contributed by atoms with Crippen LogP contribution in [0.15, 0.2) is 24.3 Å². The van der Waals surface area contributed by atoms with Crippen molar-refractivity contribution in [2.24, 2.45) is 0 Å². The number of rotatable bonds is 6. The summed E-state index contributed by atoms with van der Waals surface area (Å²) in [6.45, 7) is 1.09. The maximum Gasteiger partial charge on any atom is 0.231 e. The van der Waals surface area contributed by atoms with Crippen molar-refractivity contribution < 1.29 is 33.0 Å². The van der Waals surface area contributed by atoms with Gasteiger partial charge in [-0.25, -0.2) is 0 Å². The van der Waals surface area contributed by atoms with Crippen molar-refractivity contribution in [1.82, 2.24) is 0 Å². The maximum atomic E-state index is 13.4. The Morgan fingerprint density at radius 3 is 2.60 bits per heavy atom.